The predicted molar refractivity (Wildman–Crippen MR) is 219 cm³/mol. The van der Waals surface area contributed by atoms with Crippen LogP contribution in [0.5, 0.6) is 0 Å². The molecule has 3 fully saturated rings. The van der Waals surface area contributed by atoms with Crippen molar-refractivity contribution in [1.29, 1.82) is 0 Å². The molecule has 4 aliphatic heterocycles. The number of fused-ring (bicyclic) bond motifs is 2. The molecule has 0 bridgehead atoms. The summed E-state index contributed by atoms with van der Waals surface area (Å²) in [5.74, 6) is 4.87. The number of imide groups is 1. The monoisotopic (exact) mass is 810 g/mol. The highest BCUT2D eigenvalue weighted by molar-refractivity contribution is 6.38. The summed E-state index contributed by atoms with van der Waals surface area (Å²) in [4.78, 5) is 82.9. The Morgan fingerprint density at radius 1 is 0.881 bits per heavy atom. The van der Waals surface area contributed by atoms with E-state index in [1.165, 1.54) is 0 Å². The van der Waals surface area contributed by atoms with Crippen LogP contribution in [0.15, 0.2) is 79.3 Å². The fraction of sp³-hybridized carbons (Fsp3) is 0.295. The number of aromatic amines is 1. The van der Waals surface area contributed by atoms with E-state index in [4.69, 9.17) is 16.3 Å². The predicted octanol–water partition coefficient (Wildman–Crippen LogP) is 4.30. The summed E-state index contributed by atoms with van der Waals surface area (Å²) in [6.07, 6.45) is 7.02. The molecule has 298 valence electrons. The lowest BCUT2D eigenvalue weighted by molar-refractivity contribution is -0.142. The summed E-state index contributed by atoms with van der Waals surface area (Å²) in [7, 11) is 0. The number of piperidine rings is 2. The average Bonchev–Trinajstić information content (AvgIpc) is 3.83. The third-order valence-corrected chi connectivity index (χ3v) is 11.8. The minimum Gasteiger partial charge on any atom is -0.371 e. The van der Waals surface area contributed by atoms with Crippen molar-refractivity contribution in [2.24, 2.45) is 0 Å². The molecule has 1 atom stereocenters. The van der Waals surface area contributed by atoms with Gasteiger partial charge < -0.3 is 29.3 Å². The van der Waals surface area contributed by atoms with Crippen molar-refractivity contribution in [3.63, 3.8) is 0 Å². The Labute approximate surface area is 344 Å². The molecule has 0 spiro atoms. The van der Waals surface area contributed by atoms with Crippen LogP contribution in [0.2, 0.25) is 5.02 Å². The molecule has 59 heavy (non-hydrogen) atoms. The number of hydrogen-bond acceptors (Lipinski definition) is 9. The van der Waals surface area contributed by atoms with Gasteiger partial charge in [0.15, 0.2) is 0 Å². The largest absolute Gasteiger partial charge is 0.371 e. The number of nitrogens with one attached hydrogen (secondary N) is 2. The Morgan fingerprint density at radius 3 is 2.54 bits per heavy atom. The quantitative estimate of drug-likeness (QED) is 0.181. The fourth-order valence-corrected chi connectivity index (χ4v) is 8.59. The van der Waals surface area contributed by atoms with Crippen molar-refractivity contribution in [1.82, 2.24) is 30.1 Å². The smallest absolute Gasteiger partial charge is 0.255 e. The molecule has 3 saturated heterocycles. The van der Waals surface area contributed by atoms with E-state index in [0.29, 0.717) is 96.1 Å². The van der Waals surface area contributed by atoms with Crippen LogP contribution in [-0.4, -0.2) is 106 Å². The third kappa shape index (κ3) is 7.62. The molecule has 14 nitrogen and oxygen atoms in total. The molecule has 2 N–H and O–H groups in total. The first-order chi connectivity index (χ1) is 28.7. The Hall–Kier alpha value is -6.56. The molecule has 5 aromatic rings. The van der Waals surface area contributed by atoms with Crippen LogP contribution < -0.4 is 15.1 Å². The molecule has 5 amide bonds. The summed E-state index contributed by atoms with van der Waals surface area (Å²) in [6.45, 7) is 2.28. The van der Waals surface area contributed by atoms with Crippen LogP contribution in [0.3, 0.4) is 0 Å². The number of pyridine rings is 2. The third-order valence-electron chi connectivity index (χ3n) is 11.4. The van der Waals surface area contributed by atoms with Gasteiger partial charge in [0.05, 0.1) is 22.1 Å². The zero-order valence-electron chi connectivity index (χ0n) is 31.9. The number of carbonyl (C=O) groups excluding carboxylic acids is 5. The maximum atomic E-state index is 13.5. The number of H-pyrrole nitrogens is 1. The highest BCUT2D eigenvalue weighted by Gasteiger charge is 2.39. The molecule has 3 aromatic heterocycles. The maximum absolute atomic E-state index is 13.5. The highest BCUT2D eigenvalue weighted by Crippen LogP contribution is 2.37. The van der Waals surface area contributed by atoms with Crippen molar-refractivity contribution >= 4 is 63.5 Å². The van der Waals surface area contributed by atoms with Crippen LogP contribution in [0.4, 0.5) is 11.4 Å². The van der Waals surface area contributed by atoms with Gasteiger partial charge >= 0.3 is 0 Å². The van der Waals surface area contributed by atoms with Crippen molar-refractivity contribution < 1.29 is 28.7 Å². The Kier molecular flexibility index (Phi) is 10.3. The summed E-state index contributed by atoms with van der Waals surface area (Å²) in [5.41, 5.74) is 6.57. The molecular weight excluding hydrogens is 772 g/mol. The Morgan fingerprint density at radius 2 is 1.75 bits per heavy atom. The van der Waals surface area contributed by atoms with Gasteiger partial charge in [0.1, 0.15) is 30.5 Å². The highest BCUT2D eigenvalue weighted by atomic mass is 35.5. The first-order valence-corrected chi connectivity index (χ1v) is 20.0. The van der Waals surface area contributed by atoms with Gasteiger partial charge in [0, 0.05) is 80.2 Å². The van der Waals surface area contributed by atoms with E-state index in [2.05, 4.69) is 37.0 Å². The molecule has 4 aliphatic rings. The number of anilines is 2. The number of amides is 5. The molecular formula is C44H39ClN8O6. The maximum Gasteiger partial charge on any atom is 0.255 e. The second-order valence-corrected chi connectivity index (χ2v) is 15.4. The standard InChI is InChI=1S/C44H39ClN8O6/c45-41-35(23-48-42-40(41)28(22-47-42)7-8-30-5-1-2-15-46-30)27-4-3-6-32(20-27)52-19-18-51(25-38(52)55)39(56)26-59-33-13-16-50(17-14-33)31-9-10-34-29(21-31)24-53(44(34)58)36-11-12-37(54)49-43(36)57/h1-6,9-10,15,20-23,33,36H,11-14,16-19,24-26H2,(H,47,48)(H,49,54,57). The van der Waals surface area contributed by atoms with Gasteiger partial charge in [-0.3, -0.25) is 29.3 Å². The number of hydrogen-bond donors (Lipinski definition) is 2. The van der Waals surface area contributed by atoms with Crippen LogP contribution >= 0.6 is 11.6 Å². The normalized spacial score (nSPS) is 18.6. The molecule has 9 rings (SSSR count). The molecule has 0 saturated carbocycles. The number of carbonyl (C=O) groups is 5. The van der Waals surface area contributed by atoms with E-state index >= 15 is 0 Å². The average molecular weight is 811 g/mol. The van der Waals surface area contributed by atoms with E-state index in [0.717, 1.165) is 16.8 Å². The van der Waals surface area contributed by atoms with E-state index in [1.807, 2.05) is 60.7 Å². The summed E-state index contributed by atoms with van der Waals surface area (Å²) in [6, 6.07) is 18.2. The molecule has 0 radical (unpaired) electrons. The lowest BCUT2D eigenvalue weighted by Crippen LogP contribution is -2.53. The van der Waals surface area contributed by atoms with Gasteiger partial charge in [0.2, 0.25) is 23.6 Å². The summed E-state index contributed by atoms with van der Waals surface area (Å²) in [5, 5.41) is 3.54. The lowest BCUT2D eigenvalue weighted by atomic mass is 10.0. The van der Waals surface area contributed by atoms with Crippen molar-refractivity contribution in [3.05, 3.63) is 107 Å². The molecule has 0 aliphatic carbocycles. The number of aromatic nitrogens is 3. The minimum absolute atomic E-state index is 0.0530. The van der Waals surface area contributed by atoms with E-state index in [-0.39, 0.29) is 49.3 Å². The second kappa shape index (κ2) is 16.0. The zero-order chi connectivity index (χ0) is 40.6. The van der Waals surface area contributed by atoms with Crippen molar-refractivity contribution in [2.45, 2.75) is 44.4 Å². The van der Waals surface area contributed by atoms with Crippen molar-refractivity contribution in [3.8, 4) is 23.0 Å². The van der Waals surface area contributed by atoms with Gasteiger partial charge in [-0.25, -0.2) is 9.97 Å². The van der Waals surface area contributed by atoms with E-state index in [1.54, 1.807) is 33.3 Å². The Balaban J connectivity index is 0.774. The number of piperazine rings is 1. The van der Waals surface area contributed by atoms with Crippen LogP contribution in [0.1, 0.15) is 52.9 Å². The first-order valence-electron chi connectivity index (χ1n) is 19.6. The first kappa shape index (κ1) is 38.0. The van der Waals surface area contributed by atoms with Gasteiger partial charge in [0.25, 0.3) is 5.91 Å². The lowest BCUT2D eigenvalue weighted by Gasteiger charge is -2.36. The number of halogens is 1. The molecule has 7 heterocycles. The van der Waals surface area contributed by atoms with Crippen LogP contribution in [-0.2, 0) is 30.5 Å². The van der Waals surface area contributed by atoms with Gasteiger partial charge in [-0.15, -0.1) is 0 Å². The minimum atomic E-state index is -0.652. The molecule has 1 unspecified atom stereocenters. The van der Waals surface area contributed by atoms with Crippen molar-refractivity contribution in [2.75, 3.05) is 49.1 Å². The SMILES string of the molecule is O=C1CCC(N2Cc3cc(N4CCC(OCC(=O)N5CCN(c6cccc(-c7cnc8[nH]cc(C#Cc9ccccn9)c8c7Cl)c6)C(=O)C5)CC4)ccc3C2=O)C(=O)N1. The number of benzene rings is 2. The fourth-order valence-electron chi connectivity index (χ4n) is 8.24. The summed E-state index contributed by atoms with van der Waals surface area (Å²) >= 11 is 6.99. The van der Waals surface area contributed by atoms with E-state index < -0.39 is 11.9 Å². The van der Waals surface area contributed by atoms with Gasteiger partial charge in [-0.1, -0.05) is 35.7 Å². The Bertz CT molecular complexity index is 2580. The number of rotatable bonds is 7. The second-order valence-electron chi connectivity index (χ2n) is 15.0. The van der Waals surface area contributed by atoms with Gasteiger partial charge in [-0.2, -0.15) is 0 Å². The number of ether oxygens (including phenoxy) is 1. The van der Waals surface area contributed by atoms with E-state index in [9.17, 15) is 24.0 Å². The van der Waals surface area contributed by atoms with Crippen LogP contribution in [0, 0.1) is 11.8 Å². The summed E-state index contributed by atoms with van der Waals surface area (Å²) < 4.78 is 6.07. The number of nitrogens with zero attached hydrogens (tertiary/aromatic N) is 6. The van der Waals surface area contributed by atoms with Crippen LogP contribution in [0.25, 0.3) is 22.2 Å². The molecule has 2 aromatic carbocycles. The van der Waals surface area contributed by atoms with Gasteiger partial charge in [-0.05, 0) is 78.8 Å². The zero-order valence-corrected chi connectivity index (χ0v) is 32.7. The molecule has 15 heteroatoms. The topological polar surface area (TPSA) is 161 Å².